The number of carbonyl (C=O) groups is 2. The van der Waals surface area contributed by atoms with Crippen molar-refractivity contribution in [3.63, 3.8) is 0 Å². The van der Waals surface area contributed by atoms with E-state index in [0.717, 1.165) is 18.4 Å². The summed E-state index contributed by atoms with van der Waals surface area (Å²) in [6, 6.07) is 9.88. The first-order valence-electron chi connectivity index (χ1n) is 8.96. The van der Waals surface area contributed by atoms with Gasteiger partial charge in [0.1, 0.15) is 0 Å². The molecule has 2 aliphatic rings. The van der Waals surface area contributed by atoms with Crippen LogP contribution >= 0.6 is 0 Å². The van der Waals surface area contributed by atoms with E-state index in [4.69, 9.17) is 4.74 Å². The molecule has 1 aromatic rings. The summed E-state index contributed by atoms with van der Waals surface area (Å²) in [5, 5.41) is 2.86. The number of morpholine rings is 1. The maximum Gasteiger partial charge on any atom is 0.224 e. The molecule has 5 heteroatoms. The summed E-state index contributed by atoms with van der Waals surface area (Å²) in [5.74, 6) is 0.0988. The summed E-state index contributed by atoms with van der Waals surface area (Å²) in [7, 11) is 0. The Morgan fingerprint density at radius 3 is 2.79 bits per heavy atom. The van der Waals surface area contributed by atoms with Crippen LogP contribution in [0.3, 0.4) is 0 Å². The van der Waals surface area contributed by atoms with E-state index in [1.54, 1.807) is 0 Å². The molecule has 2 unspecified atom stereocenters. The van der Waals surface area contributed by atoms with Crippen molar-refractivity contribution in [2.75, 3.05) is 19.7 Å². The van der Waals surface area contributed by atoms with Crippen LogP contribution in [0.25, 0.3) is 0 Å². The van der Waals surface area contributed by atoms with Crippen molar-refractivity contribution in [3.8, 4) is 0 Å². The molecule has 0 aromatic heterocycles. The molecule has 0 spiro atoms. The first-order chi connectivity index (χ1) is 11.7. The van der Waals surface area contributed by atoms with E-state index in [0.29, 0.717) is 32.5 Å². The Labute approximate surface area is 143 Å². The van der Waals surface area contributed by atoms with Gasteiger partial charge in [-0.25, -0.2) is 0 Å². The lowest BCUT2D eigenvalue weighted by Crippen LogP contribution is -2.55. The van der Waals surface area contributed by atoms with Gasteiger partial charge in [0.05, 0.1) is 25.2 Å². The summed E-state index contributed by atoms with van der Waals surface area (Å²) >= 11 is 0. The van der Waals surface area contributed by atoms with Gasteiger partial charge >= 0.3 is 0 Å². The molecule has 1 saturated carbocycles. The number of nitrogens with one attached hydrogen (secondary N) is 1. The Morgan fingerprint density at radius 1 is 1.17 bits per heavy atom. The van der Waals surface area contributed by atoms with Crippen molar-refractivity contribution in [3.05, 3.63) is 35.9 Å². The van der Waals surface area contributed by atoms with Crippen molar-refractivity contribution in [2.24, 2.45) is 0 Å². The van der Waals surface area contributed by atoms with E-state index in [-0.39, 0.29) is 24.0 Å². The third-order valence-corrected chi connectivity index (χ3v) is 4.92. The van der Waals surface area contributed by atoms with E-state index in [1.807, 2.05) is 35.2 Å². The lowest BCUT2D eigenvalue weighted by molar-refractivity contribution is -0.149. The predicted molar refractivity (Wildman–Crippen MR) is 91.5 cm³/mol. The molecule has 2 fully saturated rings. The minimum Gasteiger partial charge on any atom is -0.374 e. The number of amides is 2. The highest BCUT2D eigenvalue weighted by molar-refractivity contribution is 5.80. The number of carbonyl (C=O) groups excluding carboxylic acids is 2. The van der Waals surface area contributed by atoms with Gasteiger partial charge in [0.15, 0.2) is 0 Å². The summed E-state index contributed by atoms with van der Waals surface area (Å²) < 4.78 is 5.81. The van der Waals surface area contributed by atoms with Crippen LogP contribution in [0.4, 0.5) is 0 Å². The molecule has 2 amide bonds. The Kier molecular flexibility index (Phi) is 5.86. The molecule has 3 rings (SSSR count). The Morgan fingerprint density at radius 2 is 1.96 bits per heavy atom. The second-order valence-corrected chi connectivity index (χ2v) is 6.61. The molecule has 1 aliphatic heterocycles. The highest BCUT2D eigenvalue weighted by Gasteiger charge is 2.36. The monoisotopic (exact) mass is 330 g/mol. The zero-order chi connectivity index (χ0) is 16.8. The molecule has 0 radical (unpaired) electrons. The van der Waals surface area contributed by atoms with Gasteiger partial charge in [-0.1, -0.05) is 43.2 Å². The van der Waals surface area contributed by atoms with E-state index in [2.05, 4.69) is 5.32 Å². The fraction of sp³-hybridized carbons (Fsp3) is 0.579. The van der Waals surface area contributed by atoms with Crippen molar-refractivity contribution in [1.29, 1.82) is 0 Å². The van der Waals surface area contributed by atoms with Gasteiger partial charge in [-0.2, -0.15) is 0 Å². The normalized spacial score (nSPS) is 23.4. The first-order valence-corrected chi connectivity index (χ1v) is 8.96. The molecule has 1 aliphatic carbocycles. The van der Waals surface area contributed by atoms with Gasteiger partial charge in [0, 0.05) is 19.5 Å². The summed E-state index contributed by atoms with van der Waals surface area (Å²) in [6.45, 7) is 1.71. The summed E-state index contributed by atoms with van der Waals surface area (Å²) in [5.41, 5.74) is 0.986. The van der Waals surface area contributed by atoms with Crippen LogP contribution in [0, 0.1) is 0 Å². The van der Waals surface area contributed by atoms with Crippen molar-refractivity contribution in [2.45, 2.75) is 50.7 Å². The quantitative estimate of drug-likeness (QED) is 0.897. The van der Waals surface area contributed by atoms with Gasteiger partial charge < -0.3 is 15.0 Å². The average molecular weight is 330 g/mol. The Balaban J connectivity index is 1.42. The second-order valence-electron chi connectivity index (χ2n) is 6.61. The summed E-state index contributed by atoms with van der Waals surface area (Å²) in [4.78, 5) is 26.4. The van der Waals surface area contributed by atoms with Crippen LogP contribution in [0.15, 0.2) is 30.3 Å². The molecule has 1 N–H and O–H groups in total. The van der Waals surface area contributed by atoms with E-state index < -0.39 is 0 Å². The topological polar surface area (TPSA) is 58.6 Å². The number of hydrogen-bond donors (Lipinski definition) is 1. The maximum atomic E-state index is 12.5. The number of fused-ring (bicyclic) bond motifs is 1. The Hall–Kier alpha value is -1.88. The molecule has 1 heterocycles. The number of nitrogens with zero attached hydrogens (tertiary/aromatic N) is 1. The predicted octanol–water partition coefficient (Wildman–Crippen LogP) is 1.91. The number of benzene rings is 1. The van der Waals surface area contributed by atoms with Gasteiger partial charge in [-0.3, -0.25) is 9.59 Å². The minimum atomic E-state index is -0.0356. The summed E-state index contributed by atoms with van der Waals surface area (Å²) in [6.07, 6.45) is 5.39. The van der Waals surface area contributed by atoms with Crippen LogP contribution in [-0.2, 0) is 20.7 Å². The molecule has 0 bridgehead atoms. The molecule has 1 saturated heterocycles. The number of rotatable bonds is 5. The van der Waals surface area contributed by atoms with Gasteiger partial charge in [0.2, 0.25) is 11.8 Å². The van der Waals surface area contributed by atoms with Gasteiger partial charge in [0.25, 0.3) is 0 Å². The molecule has 5 nitrogen and oxygen atoms in total. The number of hydrogen-bond acceptors (Lipinski definition) is 3. The highest BCUT2D eigenvalue weighted by Crippen LogP contribution is 2.28. The fourth-order valence-corrected chi connectivity index (χ4v) is 3.70. The zero-order valence-corrected chi connectivity index (χ0v) is 14.1. The standard InChI is InChI=1S/C19H26N2O3/c22-18(14-15-6-2-1-3-7-15)20-11-10-19(23)21-12-13-24-17-9-5-4-8-16(17)21/h1-3,6-7,16-17H,4-5,8-14H2,(H,20,22). The van der Waals surface area contributed by atoms with Crippen molar-refractivity contribution >= 4 is 11.8 Å². The van der Waals surface area contributed by atoms with E-state index in [9.17, 15) is 9.59 Å². The smallest absolute Gasteiger partial charge is 0.224 e. The van der Waals surface area contributed by atoms with Crippen LogP contribution in [0.1, 0.15) is 37.7 Å². The number of ether oxygens (including phenoxy) is 1. The average Bonchev–Trinajstić information content (AvgIpc) is 2.62. The third-order valence-electron chi connectivity index (χ3n) is 4.92. The highest BCUT2D eigenvalue weighted by atomic mass is 16.5. The van der Waals surface area contributed by atoms with E-state index in [1.165, 1.54) is 12.8 Å². The van der Waals surface area contributed by atoms with Gasteiger partial charge in [-0.05, 0) is 18.4 Å². The minimum absolute atomic E-state index is 0.0356. The molecule has 2 atom stereocenters. The van der Waals surface area contributed by atoms with E-state index >= 15 is 0 Å². The van der Waals surface area contributed by atoms with Crippen molar-refractivity contribution < 1.29 is 14.3 Å². The zero-order valence-electron chi connectivity index (χ0n) is 14.1. The van der Waals surface area contributed by atoms with Crippen LogP contribution in [0.2, 0.25) is 0 Å². The lowest BCUT2D eigenvalue weighted by Gasteiger charge is -2.43. The SMILES string of the molecule is O=C(Cc1ccccc1)NCCC(=O)N1CCOC2CCCCC21. The fourth-order valence-electron chi connectivity index (χ4n) is 3.70. The molecule has 24 heavy (non-hydrogen) atoms. The maximum absolute atomic E-state index is 12.5. The largest absolute Gasteiger partial charge is 0.374 e. The third kappa shape index (κ3) is 4.35. The molecule has 130 valence electrons. The van der Waals surface area contributed by atoms with Gasteiger partial charge in [-0.15, -0.1) is 0 Å². The van der Waals surface area contributed by atoms with Crippen LogP contribution in [0.5, 0.6) is 0 Å². The van der Waals surface area contributed by atoms with Crippen LogP contribution in [-0.4, -0.2) is 48.6 Å². The van der Waals surface area contributed by atoms with Crippen molar-refractivity contribution in [1.82, 2.24) is 10.2 Å². The Bertz CT molecular complexity index is 559. The molecular formula is C19H26N2O3. The first kappa shape index (κ1) is 17.0. The molecule has 1 aromatic carbocycles. The van der Waals surface area contributed by atoms with Crippen LogP contribution < -0.4 is 5.32 Å². The second kappa shape index (κ2) is 8.29. The molecular weight excluding hydrogens is 304 g/mol. The lowest BCUT2D eigenvalue weighted by atomic mass is 9.90.